The van der Waals surface area contributed by atoms with E-state index in [0.29, 0.717) is 55.6 Å². The second-order valence-electron chi connectivity index (χ2n) is 9.62. The van der Waals surface area contributed by atoms with Crippen LogP contribution in [0.3, 0.4) is 0 Å². The van der Waals surface area contributed by atoms with Gasteiger partial charge in [0.1, 0.15) is 0 Å². The maximum Gasteiger partial charge on any atom is 0.227 e. The van der Waals surface area contributed by atoms with Gasteiger partial charge in [0.25, 0.3) is 0 Å². The zero-order chi connectivity index (χ0) is 24.8. The van der Waals surface area contributed by atoms with Gasteiger partial charge in [-0.2, -0.15) is 5.10 Å². The van der Waals surface area contributed by atoms with Gasteiger partial charge >= 0.3 is 0 Å². The van der Waals surface area contributed by atoms with E-state index in [9.17, 15) is 5.11 Å². The summed E-state index contributed by atoms with van der Waals surface area (Å²) in [5, 5.41) is 15.5. The van der Waals surface area contributed by atoms with Crippen molar-refractivity contribution in [3.05, 3.63) is 65.9 Å². The number of aliphatic hydroxyl groups excluding tert-OH is 1. The van der Waals surface area contributed by atoms with E-state index in [1.165, 1.54) is 0 Å². The molecule has 0 spiro atoms. The van der Waals surface area contributed by atoms with Gasteiger partial charge in [-0.25, -0.2) is 4.68 Å². The molecule has 0 saturated heterocycles. The number of aryl methyl sites for hydroxylation is 1. The second-order valence-corrected chi connectivity index (χ2v) is 9.62. The molecule has 1 saturated carbocycles. The van der Waals surface area contributed by atoms with Crippen LogP contribution >= 0.6 is 0 Å². The van der Waals surface area contributed by atoms with E-state index < -0.39 is 6.10 Å². The summed E-state index contributed by atoms with van der Waals surface area (Å²) >= 11 is 0. The van der Waals surface area contributed by atoms with Gasteiger partial charge < -0.3 is 19.3 Å². The molecular weight excluding hydrogens is 442 g/mol. The monoisotopic (exact) mass is 479 g/mol. The number of para-hydroxylation sites is 3. The van der Waals surface area contributed by atoms with Gasteiger partial charge in [-0.1, -0.05) is 44.2 Å². The highest BCUT2D eigenvalue weighted by Gasteiger charge is 2.33. The Kier molecular flexibility index (Phi) is 8.44. The molecular formula is C28H37N3O4. The Morgan fingerprint density at radius 3 is 2.37 bits per heavy atom. The van der Waals surface area contributed by atoms with Crippen molar-refractivity contribution in [2.24, 2.45) is 5.92 Å². The normalized spacial score (nSPS) is 14.5. The minimum atomic E-state index is -0.544. The van der Waals surface area contributed by atoms with Crippen LogP contribution in [-0.2, 0) is 11.3 Å². The maximum absolute atomic E-state index is 10.7. The Hall–Kier alpha value is -2.87. The number of hydrogen-bond acceptors (Lipinski definition) is 6. The molecule has 1 N–H and O–H groups in total. The standard InChI is InChI=1S/C28H37N3O4/c1-20(2)18-34-19-24(32)16-30(22-14-15-22)17-25-21(3)29-31(23-10-6-5-7-11-23)28(25)35-27-13-9-8-12-26(27)33-4/h5-13,20,22,24,32H,14-19H2,1-4H3/t24-/m0/s1. The van der Waals surface area contributed by atoms with Gasteiger partial charge in [0.15, 0.2) is 11.5 Å². The van der Waals surface area contributed by atoms with Gasteiger partial charge in [0, 0.05) is 25.7 Å². The second kappa shape index (κ2) is 11.7. The molecule has 1 heterocycles. The van der Waals surface area contributed by atoms with Crippen molar-refractivity contribution in [1.29, 1.82) is 0 Å². The van der Waals surface area contributed by atoms with Crippen molar-refractivity contribution >= 4 is 0 Å². The smallest absolute Gasteiger partial charge is 0.227 e. The first-order chi connectivity index (χ1) is 17.0. The highest BCUT2D eigenvalue weighted by atomic mass is 16.5. The number of benzene rings is 2. The topological polar surface area (TPSA) is 69.0 Å². The summed E-state index contributed by atoms with van der Waals surface area (Å²) in [6, 6.07) is 18.1. The van der Waals surface area contributed by atoms with Crippen LogP contribution in [0.1, 0.15) is 37.9 Å². The Labute approximate surface area is 208 Å². The van der Waals surface area contributed by atoms with Crippen molar-refractivity contribution in [2.75, 3.05) is 26.9 Å². The first-order valence-electron chi connectivity index (χ1n) is 12.4. The van der Waals surface area contributed by atoms with Gasteiger partial charge in [-0.3, -0.25) is 4.90 Å². The summed E-state index contributed by atoms with van der Waals surface area (Å²) in [7, 11) is 1.64. The van der Waals surface area contributed by atoms with Crippen LogP contribution < -0.4 is 9.47 Å². The predicted octanol–water partition coefficient (Wildman–Crippen LogP) is 4.98. The van der Waals surface area contributed by atoms with Crippen molar-refractivity contribution in [3.63, 3.8) is 0 Å². The Morgan fingerprint density at radius 1 is 1.03 bits per heavy atom. The van der Waals surface area contributed by atoms with Gasteiger partial charge in [0.05, 0.1) is 36.8 Å². The fourth-order valence-electron chi connectivity index (χ4n) is 4.13. The maximum atomic E-state index is 10.7. The van der Waals surface area contributed by atoms with E-state index in [0.717, 1.165) is 29.8 Å². The fourth-order valence-corrected chi connectivity index (χ4v) is 4.13. The van der Waals surface area contributed by atoms with Crippen molar-refractivity contribution in [1.82, 2.24) is 14.7 Å². The highest BCUT2D eigenvalue weighted by molar-refractivity contribution is 5.47. The van der Waals surface area contributed by atoms with Crippen LogP contribution in [0, 0.1) is 12.8 Å². The van der Waals surface area contributed by atoms with Gasteiger partial charge in [-0.15, -0.1) is 0 Å². The van der Waals surface area contributed by atoms with Crippen molar-refractivity contribution in [2.45, 2.75) is 52.3 Å². The Balaban J connectivity index is 1.62. The third kappa shape index (κ3) is 6.63. The SMILES string of the molecule is COc1ccccc1Oc1c(CN(C[C@H](O)COCC(C)C)C2CC2)c(C)nn1-c1ccccc1. The molecule has 1 atom stereocenters. The number of nitrogens with zero attached hydrogens (tertiary/aromatic N) is 3. The lowest BCUT2D eigenvalue weighted by Gasteiger charge is -2.25. The van der Waals surface area contributed by atoms with Crippen LogP contribution in [0.2, 0.25) is 0 Å². The summed E-state index contributed by atoms with van der Waals surface area (Å²) in [6.07, 6.45) is 1.72. The molecule has 3 aromatic rings. The molecule has 35 heavy (non-hydrogen) atoms. The minimum absolute atomic E-state index is 0.341. The molecule has 0 bridgehead atoms. The highest BCUT2D eigenvalue weighted by Crippen LogP contribution is 2.37. The number of rotatable bonds is 13. The van der Waals surface area contributed by atoms with E-state index in [2.05, 4.69) is 18.7 Å². The van der Waals surface area contributed by atoms with Gasteiger partial charge in [0.2, 0.25) is 5.88 Å². The third-order valence-corrected chi connectivity index (χ3v) is 6.04. The van der Waals surface area contributed by atoms with E-state index in [1.54, 1.807) is 7.11 Å². The lowest BCUT2D eigenvalue weighted by molar-refractivity contribution is 0.00536. The molecule has 1 aliphatic rings. The number of ether oxygens (including phenoxy) is 3. The fraction of sp³-hybridized carbons (Fsp3) is 0.464. The molecule has 0 amide bonds. The lowest BCUT2D eigenvalue weighted by atomic mass is 10.2. The predicted molar refractivity (Wildman–Crippen MR) is 136 cm³/mol. The van der Waals surface area contributed by atoms with E-state index in [-0.39, 0.29) is 0 Å². The molecule has 0 unspecified atom stereocenters. The molecule has 7 heteroatoms. The van der Waals surface area contributed by atoms with Crippen LogP contribution in [0.25, 0.3) is 5.69 Å². The summed E-state index contributed by atoms with van der Waals surface area (Å²) in [5.41, 5.74) is 2.82. The first-order valence-corrected chi connectivity index (χ1v) is 12.4. The minimum Gasteiger partial charge on any atom is -0.493 e. The largest absolute Gasteiger partial charge is 0.493 e. The molecule has 7 nitrogen and oxygen atoms in total. The molecule has 0 aliphatic heterocycles. The zero-order valence-corrected chi connectivity index (χ0v) is 21.2. The molecule has 0 radical (unpaired) electrons. The molecule has 1 aromatic heterocycles. The quantitative estimate of drug-likeness (QED) is 0.373. The number of aromatic nitrogens is 2. The molecule has 4 rings (SSSR count). The molecule has 188 valence electrons. The molecule has 1 fully saturated rings. The van der Waals surface area contributed by atoms with E-state index in [1.807, 2.05) is 66.2 Å². The summed E-state index contributed by atoms with van der Waals surface area (Å²) < 4.78 is 19.6. The first kappa shape index (κ1) is 25.2. The van der Waals surface area contributed by atoms with E-state index >= 15 is 0 Å². The van der Waals surface area contributed by atoms with E-state index in [4.69, 9.17) is 19.3 Å². The zero-order valence-electron chi connectivity index (χ0n) is 21.2. The summed E-state index contributed by atoms with van der Waals surface area (Å²) in [6.45, 7) is 8.41. The van der Waals surface area contributed by atoms with Crippen LogP contribution in [0.4, 0.5) is 0 Å². The summed E-state index contributed by atoms with van der Waals surface area (Å²) in [4.78, 5) is 2.33. The van der Waals surface area contributed by atoms with Crippen LogP contribution in [0.5, 0.6) is 17.4 Å². The average Bonchev–Trinajstić information content (AvgIpc) is 3.65. The Morgan fingerprint density at radius 2 is 1.71 bits per heavy atom. The third-order valence-electron chi connectivity index (χ3n) is 6.04. The molecule has 2 aromatic carbocycles. The average molecular weight is 480 g/mol. The van der Waals surface area contributed by atoms with Crippen LogP contribution in [0.15, 0.2) is 54.6 Å². The summed E-state index contributed by atoms with van der Waals surface area (Å²) in [5.74, 6) is 2.40. The van der Waals surface area contributed by atoms with Gasteiger partial charge in [-0.05, 0) is 49.9 Å². The lowest BCUT2D eigenvalue weighted by Crippen LogP contribution is -2.36. The number of aliphatic hydroxyl groups is 1. The van der Waals surface area contributed by atoms with Crippen LogP contribution in [-0.4, -0.2) is 58.8 Å². The molecule has 1 aliphatic carbocycles. The van der Waals surface area contributed by atoms with Crippen molar-refractivity contribution in [3.8, 4) is 23.1 Å². The number of methoxy groups -OCH3 is 1. The number of hydrogen-bond donors (Lipinski definition) is 1. The Bertz CT molecular complexity index is 1080. The van der Waals surface area contributed by atoms with Crippen molar-refractivity contribution < 1.29 is 19.3 Å².